The second-order valence-corrected chi connectivity index (χ2v) is 3.55. The molecule has 0 saturated carbocycles. The van der Waals surface area contributed by atoms with Gasteiger partial charge < -0.3 is 14.3 Å². The van der Waals surface area contributed by atoms with Gasteiger partial charge in [0.15, 0.2) is 0 Å². The van der Waals surface area contributed by atoms with Crippen molar-refractivity contribution in [3.8, 4) is 5.75 Å². The lowest BCUT2D eigenvalue weighted by Gasteiger charge is -2.04. The van der Waals surface area contributed by atoms with Crippen molar-refractivity contribution in [2.75, 3.05) is 13.7 Å². The molecule has 0 unspecified atom stereocenters. The van der Waals surface area contributed by atoms with Crippen LogP contribution < -0.4 is 4.74 Å². The monoisotopic (exact) mass is 206 g/mol. The normalized spacial score (nSPS) is 10.9. The van der Waals surface area contributed by atoms with Gasteiger partial charge in [-0.05, 0) is 31.0 Å². The van der Waals surface area contributed by atoms with Crippen molar-refractivity contribution in [1.29, 1.82) is 0 Å². The van der Waals surface area contributed by atoms with Crippen LogP contribution in [0.25, 0.3) is 11.0 Å². The molecule has 0 radical (unpaired) electrons. The van der Waals surface area contributed by atoms with Gasteiger partial charge in [0.25, 0.3) is 0 Å². The Kier molecular flexibility index (Phi) is 2.64. The average Bonchev–Trinajstić information content (AvgIpc) is 2.60. The van der Waals surface area contributed by atoms with Crippen LogP contribution in [-0.4, -0.2) is 18.8 Å². The number of methoxy groups -OCH3 is 1. The van der Waals surface area contributed by atoms with Crippen LogP contribution in [0.3, 0.4) is 0 Å². The van der Waals surface area contributed by atoms with Crippen molar-refractivity contribution < 1.29 is 14.3 Å². The molecule has 0 fully saturated rings. The molecule has 1 aromatic carbocycles. The van der Waals surface area contributed by atoms with Crippen LogP contribution >= 0.6 is 0 Å². The van der Waals surface area contributed by atoms with Gasteiger partial charge in [-0.3, -0.25) is 0 Å². The zero-order valence-corrected chi connectivity index (χ0v) is 8.91. The maximum atomic E-state index is 8.91. The number of rotatable bonds is 3. The van der Waals surface area contributed by atoms with Gasteiger partial charge in [0.05, 0.1) is 13.4 Å². The topological polar surface area (TPSA) is 42.6 Å². The van der Waals surface area contributed by atoms with E-state index in [-0.39, 0.29) is 6.61 Å². The van der Waals surface area contributed by atoms with E-state index < -0.39 is 0 Å². The predicted molar refractivity (Wildman–Crippen MR) is 58.3 cm³/mol. The maximum absolute atomic E-state index is 8.91. The average molecular weight is 206 g/mol. The Morgan fingerprint density at radius 3 is 2.87 bits per heavy atom. The quantitative estimate of drug-likeness (QED) is 0.837. The number of hydrogen-bond acceptors (Lipinski definition) is 3. The summed E-state index contributed by atoms with van der Waals surface area (Å²) in [7, 11) is 1.65. The van der Waals surface area contributed by atoms with Crippen molar-refractivity contribution in [2.24, 2.45) is 0 Å². The fourth-order valence-corrected chi connectivity index (χ4v) is 1.74. The number of aliphatic hydroxyl groups excluding tert-OH is 1. The van der Waals surface area contributed by atoms with Gasteiger partial charge in [0.2, 0.25) is 0 Å². The smallest absolute Gasteiger partial charge is 0.134 e. The van der Waals surface area contributed by atoms with E-state index in [0.717, 1.165) is 27.8 Å². The molecule has 1 aromatic heterocycles. The molecule has 80 valence electrons. The van der Waals surface area contributed by atoms with E-state index in [1.54, 1.807) is 13.4 Å². The number of aliphatic hydroxyl groups is 1. The maximum Gasteiger partial charge on any atom is 0.134 e. The van der Waals surface area contributed by atoms with E-state index in [1.807, 2.05) is 19.1 Å². The van der Waals surface area contributed by atoms with Crippen LogP contribution in [-0.2, 0) is 6.42 Å². The van der Waals surface area contributed by atoms with Gasteiger partial charge in [0.1, 0.15) is 11.3 Å². The summed E-state index contributed by atoms with van der Waals surface area (Å²) in [6, 6.07) is 3.91. The molecule has 1 N–H and O–H groups in total. The van der Waals surface area contributed by atoms with E-state index in [9.17, 15) is 0 Å². The SMILES string of the molecule is COc1cc2c(CCO)coc2cc1C. The van der Waals surface area contributed by atoms with Gasteiger partial charge in [-0.2, -0.15) is 0 Å². The van der Waals surface area contributed by atoms with Crippen LogP contribution in [0.1, 0.15) is 11.1 Å². The summed E-state index contributed by atoms with van der Waals surface area (Å²) in [5, 5.41) is 9.93. The van der Waals surface area contributed by atoms with E-state index >= 15 is 0 Å². The zero-order valence-electron chi connectivity index (χ0n) is 8.91. The summed E-state index contributed by atoms with van der Waals surface area (Å²) in [5.41, 5.74) is 2.91. The predicted octanol–water partition coefficient (Wildman–Crippen LogP) is 2.28. The summed E-state index contributed by atoms with van der Waals surface area (Å²) in [5.74, 6) is 0.850. The molecule has 0 amide bonds. The summed E-state index contributed by atoms with van der Waals surface area (Å²) in [6.07, 6.45) is 2.30. The summed E-state index contributed by atoms with van der Waals surface area (Å²) < 4.78 is 10.7. The Morgan fingerprint density at radius 2 is 2.20 bits per heavy atom. The second-order valence-electron chi connectivity index (χ2n) is 3.55. The molecule has 2 aromatic rings. The number of benzene rings is 1. The standard InChI is InChI=1S/C12H14O3/c1-8-5-12-10(6-11(8)14-2)9(3-4-13)7-15-12/h5-7,13H,3-4H2,1-2H3. The molecule has 15 heavy (non-hydrogen) atoms. The van der Waals surface area contributed by atoms with E-state index in [1.165, 1.54) is 0 Å². The van der Waals surface area contributed by atoms with Crippen molar-refractivity contribution in [1.82, 2.24) is 0 Å². The zero-order chi connectivity index (χ0) is 10.8. The molecule has 3 heteroatoms. The lowest BCUT2D eigenvalue weighted by atomic mass is 10.1. The third kappa shape index (κ3) is 1.70. The summed E-state index contributed by atoms with van der Waals surface area (Å²) in [6.45, 7) is 2.11. The molecule has 0 aliphatic carbocycles. The number of furan rings is 1. The molecular formula is C12H14O3. The molecule has 0 bridgehead atoms. The Labute approximate surface area is 88.3 Å². The molecule has 1 heterocycles. The highest BCUT2D eigenvalue weighted by Gasteiger charge is 2.08. The first kappa shape index (κ1) is 10.1. The van der Waals surface area contributed by atoms with Gasteiger partial charge in [0, 0.05) is 17.6 Å². The minimum absolute atomic E-state index is 0.130. The minimum Gasteiger partial charge on any atom is -0.496 e. The van der Waals surface area contributed by atoms with E-state index in [0.29, 0.717) is 6.42 Å². The first-order valence-corrected chi connectivity index (χ1v) is 4.92. The fraction of sp³-hybridized carbons (Fsp3) is 0.333. The number of hydrogen-bond donors (Lipinski definition) is 1. The van der Waals surface area contributed by atoms with Crippen LogP contribution in [0.5, 0.6) is 5.75 Å². The third-order valence-electron chi connectivity index (χ3n) is 2.55. The second kappa shape index (κ2) is 3.95. The van der Waals surface area contributed by atoms with Crippen LogP contribution in [0, 0.1) is 6.92 Å². The van der Waals surface area contributed by atoms with Crippen LogP contribution in [0.4, 0.5) is 0 Å². The largest absolute Gasteiger partial charge is 0.496 e. The van der Waals surface area contributed by atoms with Gasteiger partial charge in [-0.15, -0.1) is 0 Å². The first-order valence-electron chi connectivity index (χ1n) is 4.92. The third-order valence-corrected chi connectivity index (χ3v) is 2.55. The molecule has 3 nitrogen and oxygen atoms in total. The molecule has 0 atom stereocenters. The molecule has 0 aliphatic heterocycles. The Balaban J connectivity index is 2.58. The van der Waals surface area contributed by atoms with E-state index in [4.69, 9.17) is 14.3 Å². The molecule has 0 spiro atoms. The summed E-state index contributed by atoms with van der Waals surface area (Å²) >= 11 is 0. The number of aryl methyl sites for hydroxylation is 1. The molecule has 2 rings (SSSR count). The number of fused-ring (bicyclic) bond motifs is 1. The Hall–Kier alpha value is -1.48. The minimum atomic E-state index is 0.130. The van der Waals surface area contributed by atoms with Crippen molar-refractivity contribution >= 4 is 11.0 Å². The molecule has 0 aliphatic rings. The van der Waals surface area contributed by atoms with Crippen molar-refractivity contribution in [2.45, 2.75) is 13.3 Å². The number of ether oxygens (including phenoxy) is 1. The molecular weight excluding hydrogens is 192 g/mol. The fourth-order valence-electron chi connectivity index (χ4n) is 1.74. The highest BCUT2D eigenvalue weighted by Crippen LogP contribution is 2.29. The van der Waals surface area contributed by atoms with Gasteiger partial charge in [-0.1, -0.05) is 0 Å². The summed E-state index contributed by atoms with van der Waals surface area (Å²) in [4.78, 5) is 0. The highest BCUT2D eigenvalue weighted by molar-refractivity contribution is 5.83. The van der Waals surface area contributed by atoms with Crippen molar-refractivity contribution in [3.05, 3.63) is 29.5 Å². The van der Waals surface area contributed by atoms with Crippen LogP contribution in [0.15, 0.2) is 22.8 Å². The van der Waals surface area contributed by atoms with E-state index in [2.05, 4.69) is 0 Å². The van der Waals surface area contributed by atoms with Gasteiger partial charge >= 0.3 is 0 Å². The molecule has 0 saturated heterocycles. The van der Waals surface area contributed by atoms with Crippen LogP contribution in [0.2, 0.25) is 0 Å². The highest BCUT2D eigenvalue weighted by atomic mass is 16.5. The first-order chi connectivity index (χ1) is 7.26. The van der Waals surface area contributed by atoms with Gasteiger partial charge in [-0.25, -0.2) is 0 Å². The van der Waals surface area contributed by atoms with Crippen molar-refractivity contribution in [3.63, 3.8) is 0 Å². The Bertz CT molecular complexity index is 471. The lowest BCUT2D eigenvalue weighted by Crippen LogP contribution is -1.90. The Morgan fingerprint density at radius 1 is 1.40 bits per heavy atom. The lowest BCUT2D eigenvalue weighted by molar-refractivity contribution is 0.299.